The molecule has 0 bridgehead atoms. The standard InChI is InChI=1S/C16H17ClOS/c17-14-6-10-16(11-7-14)19-12-2-1-3-13-4-8-15(18)9-5-13/h4-11,18H,1-3,12H2. The van der Waals surface area contributed by atoms with Crippen LogP contribution >= 0.6 is 23.4 Å². The zero-order chi connectivity index (χ0) is 13.5. The molecule has 2 rings (SSSR count). The van der Waals surface area contributed by atoms with Crippen LogP contribution in [0.25, 0.3) is 0 Å². The maximum Gasteiger partial charge on any atom is 0.115 e. The van der Waals surface area contributed by atoms with Gasteiger partial charge in [-0.1, -0.05) is 23.7 Å². The number of aryl methyl sites for hydroxylation is 1. The molecule has 0 amide bonds. The predicted molar refractivity (Wildman–Crippen MR) is 83.2 cm³/mol. The molecule has 0 aliphatic heterocycles. The van der Waals surface area contributed by atoms with E-state index in [4.69, 9.17) is 11.6 Å². The summed E-state index contributed by atoms with van der Waals surface area (Å²) in [7, 11) is 0. The van der Waals surface area contributed by atoms with Crippen LogP contribution in [0.4, 0.5) is 0 Å². The Morgan fingerprint density at radius 3 is 2.26 bits per heavy atom. The van der Waals surface area contributed by atoms with Gasteiger partial charge in [-0.05, 0) is 67.0 Å². The average molecular weight is 293 g/mol. The minimum absolute atomic E-state index is 0.335. The first-order valence-corrected chi connectivity index (χ1v) is 7.77. The van der Waals surface area contributed by atoms with E-state index < -0.39 is 0 Å². The number of aromatic hydroxyl groups is 1. The molecule has 0 spiro atoms. The molecule has 0 aliphatic carbocycles. The quantitative estimate of drug-likeness (QED) is 0.586. The fourth-order valence-corrected chi connectivity index (χ4v) is 2.85. The third-order valence-electron chi connectivity index (χ3n) is 2.88. The van der Waals surface area contributed by atoms with E-state index >= 15 is 0 Å². The summed E-state index contributed by atoms with van der Waals surface area (Å²) in [5.41, 5.74) is 1.29. The van der Waals surface area contributed by atoms with Gasteiger partial charge in [0.05, 0.1) is 0 Å². The first kappa shape index (κ1) is 14.3. The molecule has 100 valence electrons. The summed E-state index contributed by atoms with van der Waals surface area (Å²) in [6, 6.07) is 15.5. The third-order valence-corrected chi connectivity index (χ3v) is 4.23. The van der Waals surface area contributed by atoms with Gasteiger partial charge in [-0.2, -0.15) is 0 Å². The van der Waals surface area contributed by atoms with Crippen LogP contribution in [0.3, 0.4) is 0 Å². The largest absolute Gasteiger partial charge is 0.508 e. The third kappa shape index (κ3) is 5.17. The molecule has 1 N–H and O–H groups in total. The van der Waals surface area contributed by atoms with Crippen molar-refractivity contribution < 1.29 is 5.11 Å². The fourth-order valence-electron chi connectivity index (χ4n) is 1.81. The van der Waals surface area contributed by atoms with Crippen molar-refractivity contribution in [2.24, 2.45) is 0 Å². The van der Waals surface area contributed by atoms with Crippen LogP contribution in [0, 0.1) is 0 Å². The van der Waals surface area contributed by atoms with Crippen molar-refractivity contribution in [3.63, 3.8) is 0 Å². The van der Waals surface area contributed by atoms with E-state index in [2.05, 4.69) is 12.1 Å². The number of thioether (sulfide) groups is 1. The first-order valence-electron chi connectivity index (χ1n) is 6.40. The summed E-state index contributed by atoms with van der Waals surface area (Å²) < 4.78 is 0. The molecule has 0 saturated carbocycles. The van der Waals surface area contributed by atoms with Crippen LogP contribution in [0.1, 0.15) is 18.4 Å². The van der Waals surface area contributed by atoms with Gasteiger partial charge in [-0.15, -0.1) is 11.8 Å². The average Bonchev–Trinajstić information content (AvgIpc) is 2.43. The topological polar surface area (TPSA) is 20.2 Å². The molecule has 0 atom stereocenters. The highest BCUT2D eigenvalue weighted by molar-refractivity contribution is 7.99. The van der Waals surface area contributed by atoms with Gasteiger partial charge in [-0.25, -0.2) is 0 Å². The van der Waals surface area contributed by atoms with Crippen molar-refractivity contribution in [3.8, 4) is 5.75 Å². The van der Waals surface area contributed by atoms with Crippen LogP contribution in [0.5, 0.6) is 5.75 Å². The second kappa shape index (κ2) is 7.46. The second-order valence-corrected chi connectivity index (χ2v) is 6.03. The molecule has 0 radical (unpaired) electrons. The minimum Gasteiger partial charge on any atom is -0.508 e. The van der Waals surface area contributed by atoms with Crippen molar-refractivity contribution in [1.29, 1.82) is 0 Å². The lowest BCUT2D eigenvalue weighted by Crippen LogP contribution is -1.87. The number of hydrogen-bond acceptors (Lipinski definition) is 2. The summed E-state index contributed by atoms with van der Waals surface area (Å²) >= 11 is 7.72. The molecule has 0 unspecified atom stereocenters. The predicted octanol–water partition coefficient (Wildman–Crippen LogP) is 5.16. The van der Waals surface area contributed by atoms with Gasteiger partial charge in [0.15, 0.2) is 0 Å². The molecule has 3 heteroatoms. The van der Waals surface area contributed by atoms with E-state index in [-0.39, 0.29) is 0 Å². The highest BCUT2D eigenvalue weighted by atomic mass is 35.5. The number of rotatable bonds is 6. The Bertz CT molecular complexity index is 446. The van der Waals surface area contributed by atoms with Crippen molar-refractivity contribution in [3.05, 3.63) is 59.1 Å². The fraction of sp³-hybridized carbons (Fsp3) is 0.250. The molecular weight excluding hydrogens is 276 g/mol. The van der Waals surface area contributed by atoms with Crippen LogP contribution in [-0.4, -0.2) is 10.9 Å². The van der Waals surface area contributed by atoms with E-state index in [0.717, 1.165) is 17.2 Å². The van der Waals surface area contributed by atoms with Crippen LogP contribution < -0.4 is 0 Å². The van der Waals surface area contributed by atoms with Gasteiger partial charge in [0.2, 0.25) is 0 Å². The van der Waals surface area contributed by atoms with Crippen LogP contribution in [0.2, 0.25) is 5.02 Å². The van der Waals surface area contributed by atoms with Crippen molar-refractivity contribution in [2.75, 3.05) is 5.75 Å². The molecule has 0 heterocycles. The van der Waals surface area contributed by atoms with Gasteiger partial charge in [-0.3, -0.25) is 0 Å². The van der Waals surface area contributed by atoms with Crippen molar-refractivity contribution >= 4 is 23.4 Å². The Morgan fingerprint density at radius 1 is 0.895 bits per heavy atom. The van der Waals surface area contributed by atoms with E-state index in [1.54, 1.807) is 12.1 Å². The van der Waals surface area contributed by atoms with E-state index in [0.29, 0.717) is 5.75 Å². The number of benzene rings is 2. The number of halogens is 1. The summed E-state index contributed by atoms with van der Waals surface area (Å²) in [5.74, 6) is 1.46. The van der Waals surface area contributed by atoms with Gasteiger partial charge < -0.3 is 5.11 Å². The summed E-state index contributed by atoms with van der Waals surface area (Å²) in [6.45, 7) is 0. The molecule has 0 saturated heterocycles. The molecule has 2 aromatic carbocycles. The van der Waals surface area contributed by atoms with E-state index in [9.17, 15) is 5.11 Å². The Labute approximate surface area is 123 Å². The minimum atomic E-state index is 0.335. The molecule has 0 fully saturated rings. The zero-order valence-corrected chi connectivity index (χ0v) is 12.3. The number of hydrogen-bond donors (Lipinski definition) is 1. The Morgan fingerprint density at radius 2 is 1.58 bits per heavy atom. The maximum atomic E-state index is 9.20. The molecule has 0 aliphatic rings. The first-order chi connectivity index (χ1) is 9.24. The number of phenols is 1. The molecule has 1 nitrogen and oxygen atoms in total. The lowest BCUT2D eigenvalue weighted by Gasteiger charge is -2.03. The van der Waals surface area contributed by atoms with Gasteiger partial charge in [0, 0.05) is 9.92 Å². The highest BCUT2D eigenvalue weighted by Gasteiger charge is 1.97. The van der Waals surface area contributed by atoms with E-state index in [1.807, 2.05) is 36.0 Å². The monoisotopic (exact) mass is 292 g/mol. The van der Waals surface area contributed by atoms with Crippen molar-refractivity contribution in [2.45, 2.75) is 24.2 Å². The summed E-state index contributed by atoms with van der Waals surface area (Å²) in [4.78, 5) is 1.27. The lowest BCUT2D eigenvalue weighted by atomic mass is 10.1. The molecule has 2 aromatic rings. The van der Waals surface area contributed by atoms with Gasteiger partial charge >= 0.3 is 0 Å². The number of phenolic OH excluding ortho intramolecular Hbond substituents is 1. The lowest BCUT2D eigenvalue weighted by molar-refractivity contribution is 0.475. The summed E-state index contributed by atoms with van der Waals surface area (Å²) in [6.07, 6.45) is 3.43. The maximum absolute atomic E-state index is 9.20. The molecule has 0 aromatic heterocycles. The Kier molecular flexibility index (Phi) is 5.62. The SMILES string of the molecule is Oc1ccc(CCCCSc2ccc(Cl)cc2)cc1. The summed E-state index contributed by atoms with van der Waals surface area (Å²) in [5, 5.41) is 9.99. The van der Waals surface area contributed by atoms with Crippen LogP contribution in [0.15, 0.2) is 53.4 Å². The van der Waals surface area contributed by atoms with Crippen LogP contribution in [-0.2, 0) is 6.42 Å². The Hall–Kier alpha value is -1.12. The molecule has 19 heavy (non-hydrogen) atoms. The van der Waals surface area contributed by atoms with Crippen molar-refractivity contribution in [1.82, 2.24) is 0 Å². The van der Waals surface area contributed by atoms with Gasteiger partial charge in [0.25, 0.3) is 0 Å². The van der Waals surface area contributed by atoms with Gasteiger partial charge in [0.1, 0.15) is 5.75 Å². The number of unbranched alkanes of at least 4 members (excludes halogenated alkanes) is 1. The Balaban J connectivity index is 1.64. The second-order valence-electron chi connectivity index (χ2n) is 4.43. The molecular formula is C16H17ClOS. The highest BCUT2D eigenvalue weighted by Crippen LogP contribution is 2.21. The smallest absolute Gasteiger partial charge is 0.115 e. The zero-order valence-electron chi connectivity index (χ0n) is 10.7. The van der Waals surface area contributed by atoms with E-state index in [1.165, 1.54) is 23.3 Å². The normalized spacial score (nSPS) is 10.6.